The predicted octanol–water partition coefficient (Wildman–Crippen LogP) is 2.12. The lowest BCUT2D eigenvalue weighted by Crippen LogP contribution is -2.50. The first-order valence-electron chi connectivity index (χ1n) is 9.99. The van der Waals surface area contributed by atoms with E-state index in [1.54, 1.807) is 23.1 Å². The van der Waals surface area contributed by atoms with Crippen LogP contribution in [0.25, 0.3) is 0 Å². The second kappa shape index (κ2) is 8.12. The molecule has 0 unspecified atom stereocenters. The Bertz CT molecular complexity index is 997. The van der Waals surface area contributed by atoms with E-state index in [9.17, 15) is 13.2 Å². The van der Waals surface area contributed by atoms with E-state index in [0.29, 0.717) is 36.0 Å². The van der Waals surface area contributed by atoms with Crippen LogP contribution in [-0.2, 0) is 22.9 Å². The number of amides is 1. The van der Waals surface area contributed by atoms with Gasteiger partial charge in [-0.3, -0.25) is 4.79 Å². The maximum Gasteiger partial charge on any atom is 0.255 e. The smallest absolute Gasteiger partial charge is 0.255 e. The lowest BCUT2D eigenvalue weighted by molar-refractivity contribution is 0.0697. The molecule has 0 atom stereocenters. The highest BCUT2D eigenvalue weighted by molar-refractivity contribution is 7.89. The molecule has 0 bridgehead atoms. The lowest BCUT2D eigenvalue weighted by atomic mass is 10.1. The minimum Gasteiger partial charge on any atom is -0.478 e. The highest BCUT2D eigenvalue weighted by Gasteiger charge is 2.31. The number of nitrogens with zero attached hydrogens (tertiary/aromatic N) is 3. The van der Waals surface area contributed by atoms with Crippen LogP contribution in [0.3, 0.4) is 0 Å². The monoisotopic (exact) mass is 415 g/mol. The number of sulfonamides is 1. The quantitative estimate of drug-likeness (QED) is 0.747. The van der Waals surface area contributed by atoms with Crippen LogP contribution in [-0.4, -0.2) is 61.3 Å². The molecule has 1 aromatic heterocycles. The third kappa shape index (κ3) is 4.00. The number of hydrogen-bond donors (Lipinski definition) is 0. The first-order valence-corrected chi connectivity index (χ1v) is 11.4. The number of hydrogen-bond acceptors (Lipinski definition) is 5. The van der Waals surface area contributed by atoms with Gasteiger partial charge in [0.15, 0.2) is 0 Å². The second-order valence-electron chi connectivity index (χ2n) is 7.30. The molecule has 1 fully saturated rings. The van der Waals surface area contributed by atoms with Crippen LogP contribution in [0.15, 0.2) is 41.4 Å². The number of ether oxygens (including phenoxy) is 1. The largest absolute Gasteiger partial charge is 0.478 e. The Labute approximate surface area is 171 Å². The number of fused-ring (bicyclic) bond motifs is 1. The molecule has 7 nitrogen and oxygen atoms in total. The van der Waals surface area contributed by atoms with Crippen LogP contribution in [0, 0.1) is 0 Å². The van der Waals surface area contributed by atoms with Gasteiger partial charge < -0.3 is 9.64 Å². The van der Waals surface area contributed by atoms with Crippen LogP contribution in [0.2, 0.25) is 0 Å². The first kappa shape index (κ1) is 19.8. The summed E-state index contributed by atoms with van der Waals surface area (Å²) in [6.07, 6.45) is 4.55. The number of aryl methyl sites for hydroxylation is 2. The average Bonchev–Trinajstić information content (AvgIpc) is 3.22. The van der Waals surface area contributed by atoms with E-state index in [-0.39, 0.29) is 19.0 Å². The van der Waals surface area contributed by atoms with Crippen molar-refractivity contribution in [3.05, 3.63) is 53.2 Å². The molecule has 2 aliphatic rings. The standard InChI is InChI=1S/C21H25N3O4S/c1-2-28-20-9-7-18(15-22-20)21(25)23-10-12-24(13-11-23)29(26,27)19-8-6-16-4-3-5-17(16)14-19/h6-9,14-15H,2-5,10-13H2,1H3. The van der Waals surface area contributed by atoms with Gasteiger partial charge in [0, 0.05) is 38.4 Å². The van der Waals surface area contributed by atoms with Crippen LogP contribution in [0.5, 0.6) is 5.88 Å². The zero-order valence-corrected chi connectivity index (χ0v) is 17.3. The summed E-state index contributed by atoms with van der Waals surface area (Å²) in [6.45, 7) is 3.68. The number of carbonyl (C=O) groups is 1. The molecule has 1 aliphatic heterocycles. The van der Waals surface area contributed by atoms with Crippen molar-refractivity contribution in [2.24, 2.45) is 0 Å². The minimum absolute atomic E-state index is 0.143. The maximum atomic E-state index is 13.0. The molecule has 0 radical (unpaired) electrons. The van der Waals surface area contributed by atoms with Crippen molar-refractivity contribution in [2.75, 3.05) is 32.8 Å². The van der Waals surface area contributed by atoms with Crippen LogP contribution in [0.4, 0.5) is 0 Å². The number of aromatic nitrogens is 1. The number of pyridine rings is 1. The van der Waals surface area contributed by atoms with Gasteiger partial charge in [-0.25, -0.2) is 13.4 Å². The van der Waals surface area contributed by atoms with Gasteiger partial charge in [-0.2, -0.15) is 4.31 Å². The van der Waals surface area contributed by atoms with E-state index in [2.05, 4.69) is 4.98 Å². The molecule has 0 saturated carbocycles. The summed E-state index contributed by atoms with van der Waals surface area (Å²) in [5.74, 6) is 0.337. The van der Waals surface area contributed by atoms with Gasteiger partial charge in [-0.05, 0) is 55.5 Å². The Kier molecular flexibility index (Phi) is 5.56. The molecule has 4 rings (SSSR count). The van der Waals surface area contributed by atoms with Gasteiger partial charge in [0.25, 0.3) is 5.91 Å². The molecule has 154 valence electrons. The van der Waals surface area contributed by atoms with Crippen LogP contribution in [0.1, 0.15) is 34.8 Å². The lowest BCUT2D eigenvalue weighted by Gasteiger charge is -2.34. The van der Waals surface area contributed by atoms with Crippen molar-refractivity contribution in [2.45, 2.75) is 31.1 Å². The molecule has 1 amide bonds. The number of benzene rings is 1. The number of carbonyl (C=O) groups excluding carboxylic acids is 1. The van der Waals surface area contributed by atoms with Gasteiger partial charge in [0.05, 0.1) is 17.1 Å². The van der Waals surface area contributed by atoms with Gasteiger partial charge in [-0.15, -0.1) is 0 Å². The molecule has 0 N–H and O–H groups in total. The highest BCUT2D eigenvalue weighted by Crippen LogP contribution is 2.27. The fourth-order valence-electron chi connectivity index (χ4n) is 3.91. The van der Waals surface area contributed by atoms with Gasteiger partial charge in [0.1, 0.15) is 0 Å². The summed E-state index contributed by atoms with van der Waals surface area (Å²) in [5.41, 5.74) is 2.87. The zero-order chi connectivity index (χ0) is 20.4. The summed E-state index contributed by atoms with van der Waals surface area (Å²) < 4.78 is 32.8. The van der Waals surface area contributed by atoms with Crippen LogP contribution < -0.4 is 4.74 Å². The molecule has 1 saturated heterocycles. The third-order valence-electron chi connectivity index (χ3n) is 5.51. The fourth-order valence-corrected chi connectivity index (χ4v) is 5.39. The summed E-state index contributed by atoms with van der Waals surface area (Å²) >= 11 is 0. The molecular weight excluding hydrogens is 390 g/mol. The Morgan fingerprint density at radius 3 is 2.52 bits per heavy atom. The van der Waals surface area contributed by atoms with E-state index in [1.807, 2.05) is 19.1 Å². The average molecular weight is 416 g/mol. The van der Waals surface area contributed by atoms with E-state index >= 15 is 0 Å². The molecule has 8 heteroatoms. The molecule has 1 aromatic carbocycles. The van der Waals surface area contributed by atoms with Crippen molar-refractivity contribution < 1.29 is 17.9 Å². The van der Waals surface area contributed by atoms with E-state index < -0.39 is 10.0 Å². The third-order valence-corrected chi connectivity index (χ3v) is 7.40. The molecule has 2 aromatic rings. The SMILES string of the molecule is CCOc1ccc(C(=O)N2CCN(S(=O)(=O)c3ccc4c(c3)CCC4)CC2)cn1. The Balaban J connectivity index is 1.41. The topological polar surface area (TPSA) is 79.8 Å². The number of piperazine rings is 1. The van der Waals surface area contributed by atoms with Crippen molar-refractivity contribution in [1.29, 1.82) is 0 Å². The second-order valence-corrected chi connectivity index (χ2v) is 9.24. The summed E-state index contributed by atoms with van der Waals surface area (Å²) in [7, 11) is -3.54. The molecule has 1 aliphatic carbocycles. The predicted molar refractivity (Wildman–Crippen MR) is 109 cm³/mol. The molecule has 29 heavy (non-hydrogen) atoms. The Morgan fingerprint density at radius 1 is 1.07 bits per heavy atom. The highest BCUT2D eigenvalue weighted by atomic mass is 32.2. The minimum atomic E-state index is -3.54. The normalized spacial score (nSPS) is 17.2. The first-order chi connectivity index (χ1) is 14.0. The maximum absolute atomic E-state index is 13.0. The zero-order valence-electron chi connectivity index (χ0n) is 16.5. The van der Waals surface area contributed by atoms with Crippen molar-refractivity contribution >= 4 is 15.9 Å². The Morgan fingerprint density at radius 2 is 1.83 bits per heavy atom. The summed E-state index contributed by atoms with van der Waals surface area (Å²) in [4.78, 5) is 18.9. The van der Waals surface area contributed by atoms with Crippen molar-refractivity contribution in [1.82, 2.24) is 14.2 Å². The molecule has 0 spiro atoms. The van der Waals surface area contributed by atoms with E-state index in [4.69, 9.17) is 4.74 Å². The molecule has 2 heterocycles. The van der Waals surface area contributed by atoms with E-state index in [1.165, 1.54) is 16.1 Å². The Hall–Kier alpha value is -2.45. The summed E-state index contributed by atoms with van der Waals surface area (Å²) in [6, 6.07) is 8.83. The van der Waals surface area contributed by atoms with E-state index in [0.717, 1.165) is 24.8 Å². The number of rotatable bonds is 5. The van der Waals surface area contributed by atoms with Crippen LogP contribution >= 0.6 is 0 Å². The molecular formula is C21H25N3O4S. The van der Waals surface area contributed by atoms with Crippen molar-refractivity contribution in [3.8, 4) is 5.88 Å². The van der Waals surface area contributed by atoms with Gasteiger partial charge in [0.2, 0.25) is 15.9 Å². The van der Waals surface area contributed by atoms with Gasteiger partial charge in [-0.1, -0.05) is 6.07 Å². The van der Waals surface area contributed by atoms with Crippen molar-refractivity contribution in [3.63, 3.8) is 0 Å². The fraction of sp³-hybridized carbons (Fsp3) is 0.429. The van der Waals surface area contributed by atoms with Gasteiger partial charge >= 0.3 is 0 Å². The summed E-state index contributed by atoms with van der Waals surface area (Å²) in [5, 5.41) is 0.